The fraction of sp³-hybridized carbons (Fsp3) is 0.611. The van der Waals surface area contributed by atoms with Gasteiger partial charge in [0.2, 0.25) is 5.91 Å². The van der Waals surface area contributed by atoms with E-state index >= 15 is 0 Å². The molecular formula is C18H23FN2O2. The summed E-state index contributed by atoms with van der Waals surface area (Å²) in [6, 6.07) is 5.39. The number of nitrogens with two attached hydrogens (primary N) is 1. The van der Waals surface area contributed by atoms with Gasteiger partial charge in [-0.2, -0.15) is 0 Å². The lowest BCUT2D eigenvalue weighted by Gasteiger charge is -2.37. The van der Waals surface area contributed by atoms with E-state index in [9.17, 15) is 9.18 Å². The Bertz CT molecular complexity index is 617. The van der Waals surface area contributed by atoms with E-state index in [4.69, 9.17) is 10.5 Å². The maximum atomic E-state index is 14.4. The van der Waals surface area contributed by atoms with E-state index < -0.39 is 0 Å². The standard InChI is InChI=1S/C18H23FN2O2/c19-17-10(2-1-3-16(17)23-13-4-5-13)9-21-18(22)12-6-11-8-15(20)14(11)7-12/h1-3,11-15H,4-9,20H2,(H,21,22). The number of carbonyl (C=O) groups excluding carboxylic acids is 1. The normalized spacial score (nSPS) is 32.1. The summed E-state index contributed by atoms with van der Waals surface area (Å²) in [5.74, 6) is 1.13. The third-order valence-electron chi connectivity index (χ3n) is 5.56. The predicted molar refractivity (Wildman–Crippen MR) is 84.2 cm³/mol. The van der Waals surface area contributed by atoms with Crippen molar-refractivity contribution >= 4 is 5.91 Å². The zero-order valence-corrected chi connectivity index (χ0v) is 13.1. The van der Waals surface area contributed by atoms with Crippen molar-refractivity contribution < 1.29 is 13.9 Å². The van der Waals surface area contributed by atoms with Gasteiger partial charge >= 0.3 is 0 Å². The molecule has 0 aliphatic heterocycles. The molecule has 23 heavy (non-hydrogen) atoms. The molecule has 0 spiro atoms. The molecule has 3 N–H and O–H groups in total. The number of benzene rings is 1. The highest BCUT2D eigenvalue weighted by molar-refractivity contribution is 5.79. The van der Waals surface area contributed by atoms with Gasteiger partial charge in [0.1, 0.15) is 0 Å². The molecule has 4 nitrogen and oxygen atoms in total. The van der Waals surface area contributed by atoms with Crippen LogP contribution in [0.1, 0.15) is 37.7 Å². The summed E-state index contributed by atoms with van der Waals surface area (Å²) in [4.78, 5) is 12.3. The molecule has 0 heterocycles. The van der Waals surface area contributed by atoms with Crippen molar-refractivity contribution in [1.82, 2.24) is 5.32 Å². The monoisotopic (exact) mass is 318 g/mol. The van der Waals surface area contributed by atoms with Gasteiger partial charge in [-0.25, -0.2) is 4.39 Å². The van der Waals surface area contributed by atoms with Gasteiger partial charge in [0, 0.05) is 24.1 Å². The minimum atomic E-state index is -0.354. The van der Waals surface area contributed by atoms with Crippen LogP contribution in [0.3, 0.4) is 0 Å². The van der Waals surface area contributed by atoms with Crippen LogP contribution in [0.15, 0.2) is 18.2 Å². The Morgan fingerprint density at radius 2 is 2.13 bits per heavy atom. The van der Waals surface area contributed by atoms with Gasteiger partial charge in [-0.1, -0.05) is 12.1 Å². The topological polar surface area (TPSA) is 64.4 Å². The highest BCUT2D eigenvalue weighted by atomic mass is 19.1. The molecule has 1 amide bonds. The number of carbonyl (C=O) groups is 1. The third kappa shape index (κ3) is 2.94. The summed E-state index contributed by atoms with van der Waals surface area (Å²) in [6.07, 6.45) is 5.00. The Balaban J connectivity index is 1.34. The van der Waals surface area contributed by atoms with E-state index in [2.05, 4.69) is 5.32 Å². The minimum Gasteiger partial charge on any atom is -0.487 e. The lowest BCUT2D eigenvalue weighted by atomic mass is 9.72. The third-order valence-corrected chi connectivity index (χ3v) is 5.56. The van der Waals surface area contributed by atoms with Crippen LogP contribution < -0.4 is 15.8 Å². The number of hydrogen-bond acceptors (Lipinski definition) is 3. The van der Waals surface area contributed by atoms with Gasteiger partial charge in [0.25, 0.3) is 0 Å². The average Bonchev–Trinajstić information content (AvgIpc) is 3.28. The summed E-state index contributed by atoms with van der Waals surface area (Å²) < 4.78 is 19.9. The van der Waals surface area contributed by atoms with Gasteiger partial charge in [0.05, 0.1) is 6.10 Å². The van der Waals surface area contributed by atoms with Crippen LogP contribution in [0.2, 0.25) is 0 Å². The maximum Gasteiger partial charge on any atom is 0.223 e. The molecule has 0 saturated heterocycles. The Morgan fingerprint density at radius 1 is 1.30 bits per heavy atom. The molecule has 0 bridgehead atoms. The van der Waals surface area contributed by atoms with Crippen LogP contribution in [0.25, 0.3) is 0 Å². The second-order valence-corrected chi connectivity index (χ2v) is 7.26. The number of fused-ring (bicyclic) bond motifs is 1. The molecule has 5 heteroatoms. The molecular weight excluding hydrogens is 295 g/mol. The molecule has 4 rings (SSSR count). The number of hydrogen-bond donors (Lipinski definition) is 2. The highest BCUT2D eigenvalue weighted by Gasteiger charge is 2.47. The van der Waals surface area contributed by atoms with Gasteiger partial charge < -0.3 is 15.8 Å². The zero-order valence-electron chi connectivity index (χ0n) is 13.1. The SMILES string of the molecule is NC1CC2CC(C(=O)NCc3cccc(OC4CC4)c3F)CC12. The molecule has 4 atom stereocenters. The van der Waals surface area contributed by atoms with Crippen molar-refractivity contribution in [2.75, 3.05) is 0 Å². The largest absolute Gasteiger partial charge is 0.487 e. The predicted octanol–water partition coefficient (Wildman–Crippen LogP) is 2.36. The van der Waals surface area contributed by atoms with E-state index in [1.807, 2.05) is 0 Å². The summed E-state index contributed by atoms with van der Waals surface area (Å²) >= 11 is 0. The minimum absolute atomic E-state index is 0.0273. The van der Waals surface area contributed by atoms with Crippen molar-refractivity contribution in [3.63, 3.8) is 0 Å². The number of rotatable bonds is 5. The molecule has 3 aliphatic carbocycles. The van der Waals surface area contributed by atoms with Gasteiger partial charge in [-0.3, -0.25) is 4.79 Å². The number of halogens is 1. The molecule has 3 aliphatic rings. The van der Waals surface area contributed by atoms with Crippen LogP contribution in [0, 0.1) is 23.6 Å². The Morgan fingerprint density at radius 3 is 2.83 bits per heavy atom. The lowest BCUT2D eigenvalue weighted by Crippen LogP contribution is -2.44. The second-order valence-electron chi connectivity index (χ2n) is 7.26. The van der Waals surface area contributed by atoms with Crippen molar-refractivity contribution in [3.8, 4) is 5.75 Å². The van der Waals surface area contributed by atoms with Gasteiger partial charge in [-0.05, 0) is 50.0 Å². The second kappa shape index (κ2) is 5.78. The number of nitrogens with one attached hydrogen (secondary N) is 1. The summed E-state index contributed by atoms with van der Waals surface area (Å²) in [6.45, 7) is 0.213. The van der Waals surface area contributed by atoms with E-state index in [0.29, 0.717) is 23.1 Å². The fourth-order valence-corrected chi connectivity index (χ4v) is 3.97. The molecule has 3 saturated carbocycles. The van der Waals surface area contributed by atoms with Crippen LogP contribution >= 0.6 is 0 Å². The van der Waals surface area contributed by atoms with E-state index in [1.54, 1.807) is 18.2 Å². The molecule has 1 aromatic carbocycles. The van der Waals surface area contributed by atoms with Crippen LogP contribution in [-0.4, -0.2) is 18.1 Å². The van der Waals surface area contributed by atoms with Gasteiger partial charge in [-0.15, -0.1) is 0 Å². The average molecular weight is 318 g/mol. The van der Waals surface area contributed by atoms with Crippen LogP contribution in [0.5, 0.6) is 5.75 Å². The summed E-state index contributed by atoms with van der Waals surface area (Å²) in [7, 11) is 0. The van der Waals surface area contributed by atoms with Gasteiger partial charge in [0.15, 0.2) is 11.6 Å². The highest BCUT2D eigenvalue weighted by Crippen LogP contribution is 2.48. The molecule has 0 radical (unpaired) electrons. The Kier molecular flexibility index (Phi) is 3.76. The maximum absolute atomic E-state index is 14.4. The van der Waals surface area contributed by atoms with Crippen LogP contribution in [-0.2, 0) is 11.3 Å². The molecule has 4 unspecified atom stereocenters. The first-order valence-electron chi connectivity index (χ1n) is 8.59. The Hall–Kier alpha value is -1.62. The van der Waals surface area contributed by atoms with Crippen molar-refractivity contribution in [3.05, 3.63) is 29.6 Å². The van der Waals surface area contributed by atoms with Crippen molar-refractivity contribution in [2.45, 2.75) is 50.8 Å². The molecule has 1 aromatic rings. The smallest absolute Gasteiger partial charge is 0.223 e. The quantitative estimate of drug-likeness (QED) is 0.876. The number of amides is 1. The summed E-state index contributed by atoms with van der Waals surface area (Å²) in [5, 5.41) is 2.89. The van der Waals surface area contributed by atoms with E-state index in [1.165, 1.54) is 0 Å². The molecule has 124 valence electrons. The van der Waals surface area contributed by atoms with Crippen LogP contribution in [0.4, 0.5) is 4.39 Å². The van der Waals surface area contributed by atoms with Crippen molar-refractivity contribution in [1.29, 1.82) is 0 Å². The zero-order chi connectivity index (χ0) is 16.0. The van der Waals surface area contributed by atoms with Crippen molar-refractivity contribution in [2.24, 2.45) is 23.5 Å². The fourth-order valence-electron chi connectivity index (χ4n) is 3.97. The Labute approximate surface area is 135 Å². The first-order valence-corrected chi connectivity index (χ1v) is 8.59. The summed E-state index contributed by atoms with van der Waals surface area (Å²) in [5.41, 5.74) is 6.46. The number of ether oxygens (including phenoxy) is 1. The first kappa shape index (κ1) is 14.9. The lowest BCUT2D eigenvalue weighted by molar-refractivity contribution is -0.125. The molecule has 3 fully saturated rings. The molecule has 0 aromatic heterocycles. The van der Waals surface area contributed by atoms with E-state index in [-0.39, 0.29) is 36.3 Å². The first-order chi connectivity index (χ1) is 11.1. The van der Waals surface area contributed by atoms with E-state index in [0.717, 1.165) is 32.1 Å².